The van der Waals surface area contributed by atoms with Gasteiger partial charge in [-0.05, 0) is 77.5 Å². The summed E-state index contributed by atoms with van der Waals surface area (Å²) in [6.07, 6.45) is 0.160. The van der Waals surface area contributed by atoms with Crippen molar-refractivity contribution in [3.8, 4) is 5.88 Å². The minimum Gasteiger partial charge on any atom is -0.463 e. The Morgan fingerprint density at radius 1 is 1.12 bits per heavy atom. The zero-order valence-electron chi connectivity index (χ0n) is 29.7. The van der Waals surface area contributed by atoms with Gasteiger partial charge in [0, 0.05) is 0 Å². The predicted octanol–water partition coefficient (Wildman–Crippen LogP) is 2.66. The van der Waals surface area contributed by atoms with Crippen LogP contribution in [0.2, 0.25) is 0 Å². The van der Waals surface area contributed by atoms with Gasteiger partial charge < -0.3 is 34.4 Å². The molecule has 0 amide bonds. The summed E-state index contributed by atoms with van der Waals surface area (Å²) in [5.74, 6) is -3.65. The van der Waals surface area contributed by atoms with Crippen molar-refractivity contribution in [1.82, 2.24) is 5.16 Å². The van der Waals surface area contributed by atoms with Crippen LogP contribution in [0.5, 0.6) is 5.88 Å². The number of esters is 2. The number of ether oxygens (including phenoxy) is 4. The summed E-state index contributed by atoms with van der Waals surface area (Å²) in [6.45, 7) is 11.3. The molecule has 0 spiro atoms. The monoisotopic (exact) mass is 746 g/mol. The van der Waals surface area contributed by atoms with Crippen molar-refractivity contribution in [2.45, 2.75) is 87.5 Å². The summed E-state index contributed by atoms with van der Waals surface area (Å²) >= 11 is 0. The Hall–Kier alpha value is -4.12. The van der Waals surface area contributed by atoms with Crippen LogP contribution in [-0.2, 0) is 38.4 Å². The first-order chi connectivity index (χ1) is 24.5. The molecular weight excluding hydrogens is 700 g/mol. The fraction of sp³-hybridized carbons (Fsp3) is 0.583. The highest BCUT2D eigenvalue weighted by atomic mass is 32.2. The number of benzene rings is 1. The number of Topliss-reactive ketones (excluding diaryl/α,β-unsaturated/α-hetero) is 1. The van der Waals surface area contributed by atoms with Gasteiger partial charge in [0.05, 0.1) is 48.1 Å². The van der Waals surface area contributed by atoms with E-state index in [9.17, 15) is 38.2 Å². The van der Waals surface area contributed by atoms with Gasteiger partial charge in [0.2, 0.25) is 0 Å². The fourth-order valence-corrected chi connectivity index (χ4v) is 8.83. The van der Waals surface area contributed by atoms with Crippen LogP contribution in [0.1, 0.15) is 59.8 Å². The first kappa shape index (κ1) is 39.1. The molecule has 0 unspecified atom stereocenters. The van der Waals surface area contributed by atoms with Gasteiger partial charge in [0.15, 0.2) is 5.78 Å². The number of fused-ring (bicyclic) bond motifs is 2. The molecule has 0 radical (unpaired) electrons. The maximum absolute atomic E-state index is 13.7. The fourth-order valence-electron chi connectivity index (χ4n) is 7.54. The first-order valence-electron chi connectivity index (χ1n) is 17.3. The molecule has 1 aromatic heterocycles. The highest BCUT2D eigenvalue weighted by Gasteiger charge is 2.61. The Morgan fingerprint density at radius 3 is 2.50 bits per heavy atom. The van der Waals surface area contributed by atoms with E-state index in [1.807, 2.05) is 6.08 Å². The molecule has 2 fully saturated rings. The second-order valence-electron chi connectivity index (χ2n) is 14.4. The van der Waals surface area contributed by atoms with E-state index in [0.717, 1.165) is 6.42 Å². The minimum atomic E-state index is -4.27. The number of rotatable bonds is 13. The summed E-state index contributed by atoms with van der Waals surface area (Å²) < 4.78 is 51.7. The van der Waals surface area contributed by atoms with Crippen LogP contribution in [0.15, 0.2) is 68.7 Å². The van der Waals surface area contributed by atoms with E-state index < -0.39 is 68.1 Å². The lowest BCUT2D eigenvalue weighted by Crippen LogP contribution is -2.52. The number of aliphatic hydroxyl groups excluding tert-OH is 1. The van der Waals surface area contributed by atoms with E-state index in [1.54, 1.807) is 19.9 Å². The number of allylic oxidation sites excluding steroid dienone is 1. The average Bonchev–Trinajstić information content (AvgIpc) is 3.29. The molecule has 1 heterocycles. The molecule has 15 nitrogen and oxygen atoms in total. The van der Waals surface area contributed by atoms with Gasteiger partial charge >= 0.3 is 22.8 Å². The Kier molecular flexibility index (Phi) is 11.6. The number of aromatic nitrogens is 2. The summed E-state index contributed by atoms with van der Waals surface area (Å²) in [5, 5.41) is 37.6. The number of hydrogen-bond donors (Lipinski definition) is 2. The van der Waals surface area contributed by atoms with Crippen molar-refractivity contribution in [1.29, 1.82) is 0 Å². The van der Waals surface area contributed by atoms with Gasteiger partial charge in [0.1, 0.15) is 24.9 Å². The molecule has 0 bridgehead atoms. The molecule has 52 heavy (non-hydrogen) atoms. The standard InChI is InChI=1S/C36H46N2O13S/c1-21-11-12-25-26(35(25,4)5)19-22(2)32(42)36(43)20-23(3)30(41)29(36)31(21)50-28(40)14-13-27(39)48-17-15-47-16-18-49-33-34(38(44)51-37-33)52(45,46)24-9-7-6-8-10-24/h6-10,19,23,25-26,29-31,41,43H,1,11-18,20H2,2-5H3/b22-19-/t23-,25-,26+,29+,30-,31-,36+/m0/s1. The third-order valence-electron chi connectivity index (χ3n) is 10.6. The Balaban J connectivity index is 1.08. The molecule has 7 atom stereocenters. The summed E-state index contributed by atoms with van der Waals surface area (Å²) in [7, 11) is -4.27. The van der Waals surface area contributed by atoms with E-state index in [4.69, 9.17) is 18.9 Å². The van der Waals surface area contributed by atoms with Crippen molar-refractivity contribution in [3.05, 3.63) is 59.3 Å². The van der Waals surface area contributed by atoms with Crippen LogP contribution >= 0.6 is 0 Å². The molecule has 0 saturated heterocycles. The molecule has 2 aromatic rings. The SMILES string of the molecule is C=C1CC[C@H]2[C@@H](/C=C(/C)C(=O)[C@@]3(O)C[C@H](C)[C@H](O)[C@@H]3[C@H]1OC(=O)CCC(=O)OCCOCCOc1no[n+]([O-])c1S(=O)(=O)c1ccccc1)C2(C)C. The van der Waals surface area contributed by atoms with Crippen molar-refractivity contribution < 1.29 is 61.5 Å². The zero-order valence-corrected chi connectivity index (χ0v) is 30.5. The van der Waals surface area contributed by atoms with Gasteiger partial charge in [-0.1, -0.05) is 51.6 Å². The Morgan fingerprint density at radius 2 is 1.79 bits per heavy atom. The minimum absolute atomic E-state index is 0.000250. The normalized spacial score (nSPS) is 29.5. The van der Waals surface area contributed by atoms with Crippen LogP contribution < -0.4 is 9.64 Å². The number of aliphatic hydroxyl groups is 2. The van der Waals surface area contributed by atoms with Gasteiger partial charge in [0.25, 0.3) is 9.84 Å². The largest absolute Gasteiger partial charge is 0.463 e. The van der Waals surface area contributed by atoms with Crippen LogP contribution in [0.3, 0.4) is 0 Å². The van der Waals surface area contributed by atoms with E-state index in [-0.39, 0.29) is 72.7 Å². The second kappa shape index (κ2) is 15.5. The van der Waals surface area contributed by atoms with Gasteiger partial charge in [-0.2, -0.15) is 0 Å². The maximum atomic E-state index is 13.7. The molecule has 2 saturated carbocycles. The zero-order chi connectivity index (χ0) is 38.0. The predicted molar refractivity (Wildman–Crippen MR) is 180 cm³/mol. The molecule has 284 valence electrons. The number of sulfone groups is 1. The summed E-state index contributed by atoms with van der Waals surface area (Å²) in [6, 6.07) is 7.23. The van der Waals surface area contributed by atoms with Crippen molar-refractivity contribution in [2.75, 3.05) is 26.4 Å². The molecule has 5 rings (SSSR count). The smallest absolute Gasteiger partial charge is 0.415 e. The van der Waals surface area contributed by atoms with E-state index in [0.29, 0.717) is 17.6 Å². The second-order valence-corrected chi connectivity index (χ2v) is 16.3. The summed E-state index contributed by atoms with van der Waals surface area (Å²) in [4.78, 5) is 38.8. The number of hydrogen-bond acceptors (Lipinski definition) is 14. The molecule has 1 aromatic carbocycles. The molecule has 2 N–H and O–H groups in total. The Bertz CT molecular complexity index is 1800. The number of carbonyl (C=O) groups excluding carboxylic acids is 3. The van der Waals surface area contributed by atoms with Gasteiger partial charge in [-0.3, -0.25) is 19.0 Å². The lowest BCUT2D eigenvalue weighted by Gasteiger charge is -2.36. The highest BCUT2D eigenvalue weighted by Crippen LogP contribution is 2.62. The topological polar surface area (TPSA) is 216 Å². The van der Waals surface area contributed by atoms with Crippen molar-refractivity contribution in [3.63, 3.8) is 0 Å². The first-order valence-corrected chi connectivity index (χ1v) is 18.7. The highest BCUT2D eigenvalue weighted by molar-refractivity contribution is 7.91. The lowest BCUT2D eigenvalue weighted by atomic mass is 9.77. The van der Waals surface area contributed by atoms with Crippen LogP contribution in [0, 0.1) is 34.3 Å². The van der Waals surface area contributed by atoms with Crippen LogP contribution in [-0.4, -0.2) is 85.7 Å². The average molecular weight is 747 g/mol. The third-order valence-corrected chi connectivity index (χ3v) is 12.3. The Labute approximate surface area is 302 Å². The molecule has 3 aliphatic rings. The molecule has 0 aliphatic heterocycles. The van der Waals surface area contributed by atoms with E-state index in [1.165, 1.54) is 24.3 Å². The molecule has 16 heteroatoms. The van der Waals surface area contributed by atoms with E-state index in [2.05, 4.69) is 30.2 Å². The van der Waals surface area contributed by atoms with Crippen LogP contribution in [0.4, 0.5) is 0 Å². The molecular formula is C36H46N2O13S. The number of ketones is 1. The number of carbonyl (C=O) groups is 3. The quantitative estimate of drug-likeness (QED) is 0.131. The van der Waals surface area contributed by atoms with Crippen molar-refractivity contribution >= 4 is 27.6 Å². The number of nitrogens with zero attached hydrogens (tertiary/aromatic N) is 2. The third kappa shape index (κ3) is 7.94. The summed E-state index contributed by atoms with van der Waals surface area (Å²) in [5.41, 5.74) is -1.09. The molecule has 3 aliphatic carbocycles. The van der Waals surface area contributed by atoms with Crippen molar-refractivity contribution in [2.24, 2.45) is 29.1 Å². The van der Waals surface area contributed by atoms with Gasteiger partial charge in [-0.15, -0.1) is 0 Å². The van der Waals surface area contributed by atoms with Gasteiger partial charge in [-0.25, -0.2) is 8.42 Å². The lowest BCUT2D eigenvalue weighted by molar-refractivity contribution is -0.832. The van der Waals surface area contributed by atoms with Crippen LogP contribution in [0.25, 0.3) is 0 Å². The maximum Gasteiger partial charge on any atom is 0.415 e. The van der Waals surface area contributed by atoms with E-state index >= 15 is 0 Å².